The lowest BCUT2D eigenvalue weighted by atomic mass is 10.1. The van der Waals surface area contributed by atoms with Crippen molar-refractivity contribution < 1.29 is 9.90 Å². The molecule has 0 saturated carbocycles. The molecule has 0 aliphatic rings. The second kappa shape index (κ2) is 6.30. The molecule has 86 valence electrons. The molecule has 0 fully saturated rings. The molecular weight excluding hydrogens is 226 g/mol. The predicted octanol–water partition coefficient (Wildman–Crippen LogP) is 2.63. The van der Waals surface area contributed by atoms with E-state index >= 15 is 0 Å². The Bertz CT molecular complexity index is 373. The van der Waals surface area contributed by atoms with Crippen LogP contribution in [-0.2, 0) is 4.79 Å². The average molecular weight is 240 g/mol. The molecule has 16 heavy (non-hydrogen) atoms. The SMILES string of the molecule is C[C@H](NC/C=C/C(=O)O)c1ccc(Cl)cc1. The largest absolute Gasteiger partial charge is 0.478 e. The molecule has 0 radical (unpaired) electrons. The Labute approximate surface area is 99.7 Å². The number of nitrogens with one attached hydrogen (secondary N) is 1. The summed E-state index contributed by atoms with van der Waals surface area (Å²) < 4.78 is 0. The first-order valence-electron chi connectivity index (χ1n) is 4.98. The highest BCUT2D eigenvalue weighted by molar-refractivity contribution is 6.30. The first-order valence-corrected chi connectivity index (χ1v) is 5.35. The summed E-state index contributed by atoms with van der Waals surface area (Å²) in [5, 5.41) is 12.3. The summed E-state index contributed by atoms with van der Waals surface area (Å²) in [4.78, 5) is 10.2. The topological polar surface area (TPSA) is 49.3 Å². The lowest BCUT2D eigenvalue weighted by Gasteiger charge is -2.12. The van der Waals surface area contributed by atoms with Crippen molar-refractivity contribution in [2.24, 2.45) is 0 Å². The van der Waals surface area contributed by atoms with Gasteiger partial charge in [0, 0.05) is 23.7 Å². The van der Waals surface area contributed by atoms with Gasteiger partial charge in [0.1, 0.15) is 0 Å². The van der Waals surface area contributed by atoms with Gasteiger partial charge in [0.2, 0.25) is 0 Å². The number of hydrogen-bond acceptors (Lipinski definition) is 2. The first-order chi connectivity index (χ1) is 7.59. The van der Waals surface area contributed by atoms with Crippen LogP contribution in [0.5, 0.6) is 0 Å². The fraction of sp³-hybridized carbons (Fsp3) is 0.250. The quantitative estimate of drug-likeness (QED) is 0.777. The van der Waals surface area contributed by atoms with Crippen LogP contribution in [-0.4, -0.2) is 17.6 Å². The summed E-state index contributed by atoms with van der Waals surface area (Å²) >= 11 is 5.78. The van der Waals surface area contributed by atoms with Crippen molar-refractivity contribution in [2.75, 3.05) is 6.54 Å². The number of hydrogen-bond donors (Lipinski definition) is 2. The molecule has 0 aliphatic heterocycles. The van der Waals surface area contributed by atoms with Gasteiger partial charge >= 0.3 is 5.97 Å². The number of carbonyl (C=O) groups is 1. The van der Waals surface area contributed by atoms with Gasteiger partial charge < -0.3 is 10.4 Å². The van der Waals surface area contributed by atoms with Crippen molar-refractivity contribution in [3.63, 3.8) is 0 Å². The van der Waals surface area contributed by atoms with Crippen LogP contribution in [0.15, 0.2) is 36.4 Å². The standard InChI is InChI=1S/C12H14ClNO2/c1-9(14-8-2-3-12(15)16)10-4-6-11(13)7-5-10/h2-7,9,14H,8H2,1H3,(H,15,16)/b3-2+/t9-/m0/s1. The molecule has 0 saturated heterocycles. The fourth-order valence-corrected chi connectivity index (χ4v) is 1.40. The van der Waals surface area contributed by atoms with Crippen LogP contribution in [0.3, 0.4) is 0 Å². The van der Waals surface area contributed by atoms with Crippen LogP contribution in [0.1, 0.15) is 18.5 Å². The lowest BCUT2D eigenvalue weighted by Crippen LogP contribution is -2.18. The van der Waals surface area contributed by atoms with Crippen molar-refractivity contribution in [1.82, 2.24) is 5.32 Å². The number of benzene rings is 1. The Morgan fingerprint density at radius 3 is 2.69 bits per heavy atom. The molecule has 4 heteroatoms. The van der Waals surface area contributed by atoms with E-state index in [0.717, 1.165) is 11.6 Å². The minimum Gasteiger partial charge on any atom is -0.478 e. The monoisotopic (exact) mass is 239 g/mol. The Kier molecular flexibility index (Phi) is 5.02. The second-order valence-electron chi connectivity index (χ2n) is 3.42. The van der Waals surface area contributed by atoms with E-state index in [4.69, 9.17) is 16.7 Å². The van der Waals surface area contributed by atoms with E-state index in [-0.39, 0.29) is 6.04 Å². The molecule has 3 nitrogen and oxygen atoms in total. The number of carboxylic acid groups (broad SMARTS) is 1. The summed E-state index contributed by atoms with van der Waals surface area (Å²) in [5.74, 6) is -0.930. The minimum atomic E-state index is -0.930. The number of aliphatic carboxylic acids is 1. The van der Waals surface area contributed by atoms with Crippen molar-refractivity contribution in [3.05, 3.63) is 47.0 Å². The molecular formula is C12H14ClNO2. The van der Waals surface area contributed by atoms with Crippen molar-refractivity contribution in [3.8, 4) is 0 Å². The van der Waals surface area contributed by atoms with Crippen LogP contribution in [0.4, 0.5) is 0 Å². The molecule has 2 N–H and O–H groups in total. The van der Waals surface area contributed by atoms with E-state index in [9.17, 15) is 4.79 Å². The van der Waals surface area contributed by atoms with Gasteiger partial charge in [-0.15, -0.1) is 0 Å². The lowest BCUT2D eigenvalue weighted by molar-refractivity contribution is -0.131. The summed E-state index contributed by atoms with van der Waals surface area (Å²) in [6.07, 6.45) is 2.70. The van der Waals surface area contributed by atoms with Gasteiger partial charge in [-0.3, -0.25) is 0 Å². The van der Waals surface area contributed by atoms with E-state index in [1.165, 1.54) is 0 Å². The zero-order valence-corrected chi connectivity index (χ0v) is 9.74. The molecule has 0 heterocycles. The van der Waals surface area contributed by atoms with Gasteiger partial charge in [-0.1, -0.05) is 29.8 Å². The van der Waals surface area contributed by atoms with Gasteiger partial charge in [0.25, 0.3) is 0 Å². The highest BCUT2D eigenvalue weighted by Crippen LogP contribution is 2.15. The van der Waals surface area contributed by atoms with E-state index in [1.807, 2.05) is 31.2 Å². The highest BCUT2D eigenvalue weighted by atomic mass is 35.5. The second-order valence-corrected chi connectivity index (χ2v) is 3.86. The van der Waals surface area contributed by atoms with Gasteiger partial charge in [-0.2, -0.15) is 0 Å². The molecule has 1 aromatic rings. The Hall–Kier alpha value is -1.32. The molecule has 1 atom stereocenters. The summed E-state index contributed by atoms with van der Waals surface area (Å²) in [6, 6.07) is 7.72. The maximum absolute atomic E-state index is 10.2. The van der Waals surface area contributed by atoms with Crippen LogP contribution in [0.2, 0.25) is 5.02 Å². The fourth-order valence-electron chi connectivity index (χ4n) is 1.27. The van der Waals surface area contributed by atoms with Crippen LogP contribution < -0.4 is 5.32 Å². The predicted molar refractivity (Wildman–Crippen MR) is 64.6 cm³/mol. The van der Waals surface area contributed by atoms with Crippen molar-refractivity contribution >= 4 is 17.6 Å². The molecule has 1 rings (SSSR count). The van der Waals surface area contributed by atoms with Crippen LogP contribution in [0, 0.1) is 0 Å². The summed E-state index contributed by atoms with van der Waals surface area (Å²) in [6.45, 7) is 2.54. The maximum atomic E-state index is 10.2. The molecule has 0 unspecified atom stereocenters. The normalized spacial score (nSPS) is 12.9. The Morgan fingerprint density at radius 2 is 2.12 bits per heavy atom. The average Bonchev–Trinajstić information content (AvgIpc) is 2.25. The van der Waals surface area contributed by atoms with E-state index in [1.54, 1.807) is 6.08 Å². The smallest absolute Gasteiger partial charge is 0.328 e. The third-order valence-corrected chi connectivity index (χ3v) is 2.42. The Morgan fingerprint density at radius 1 is 1.50 bits per heavy atom. The number of carboxylic acids is 1. The molecule has 0 aliphatic carbocycles. The van der Waals surface area contributed by atoms with Gasteiger partial charge in [-0.25, -0.2) is 4.79 Å². The van der Waals surface area contributed by atoms with Crippen molar-refractivity contribution in [1.29, 1.82) is 0 Å². The third-order valence-electron chi connectivity index (χ3n) is 2.17. The van der Waals surface area contributed by atoms with Gasteiger partial charge in [0.05, 0.1) is 0 Å². The van der Waals surface area contributed by atoms with Crippen LogP contribution in [0.25, 0.3) is 0 Å². The zero-order chi connectivity index (χ0) is 12.0. The molecule has 0 spiro atoms. The van der Waals surface area contributed by atoms with Crippen LogP contribution >= 0.6 is 11.6 Å². The van der Waals surface area contributed by atoms with Crippen molar-refractivity contribution in [2.45, 2.75) is 13.0 Å². The molecule has 1 aromatic carbocycles. The van der Waals surface area contributed by atoms with E-state index < -0.39 is 5.97 Å². The molecule has 0 amide bonds. The molecule has 0 aromatic heterocycles. The minimum absolute atomic E-state index is 0.163. The van der Waals surface area contributed by atoms with Gasteiger partial charge in [0.15, 0.2) is 0 Å². The maximum Gasteiger partial charge on any atom is 0.328 e. The third kappa shape index (κ3) is 4.47. The summed E-state index contributed by atoms with van der Waals surface area (Å²) in [5.41, 5.74) is 1.12. The number of halogens is 1. The summed E-state index contributed by atoms with van der Waals surface area (Å²) in [7, 11) is 0. The zero-order valence-electron chi connectivity index (χ0n) is 8.98. The molecule has 0 bridgehead atoms. The van der Waals surface area contributed by atoms with E-state index in [2.05, 4.69) is 5.32 Å². The van der Waals surface area contributed by atoms with Gasteiger partial charge in [-0.05, 0) is 24.6 Å². The number of rotatable bonds is 5. The Balaban J connectivity index is 2.43. The van der Waals surface area contributed by atoms with E-state index in [0.29, 0.717) is 11.6 Å². The first kappa shape index (κ1) is 12.7. The highest BCUT2D eigenvalue weighted by Gasteiger charge is 2.02.